The Labute approximate surface area is 113 Å². The zero-order valence-electron chi connectivity index (χ0n) is 12.3. The van der Waals surface area contributed by atoms with E-state index in [9.17, 15) is 0 Å². The van der Waals surface area contributed by atoms with Crippen LogP contribution in [0, 0.1) is 5.92 Å². The first-order valence-corrected chi connectivity index (χ1v) is 7.36. The molecule has 1 N–H and O–H groups in total. The van der Waals surface area contributed by atoms with Crippen molar-refractivity contribution in [1.82, 2.24) is 10.2 Å². The number of ether oxygens (including phenoxy) is 1. The highest BCUT2D eigenvalue weighted by atomic mass is 16.5. The van der Waals surface area contributed by atoms with Crippen LogP contribution < -0.4 is 5.32 Å². The second kappa shape index (κ2) is 8.68. The molecule has 0 saturated carbocycles. The molecule has 3 heteroatoms. The van der Waals surface area contributed by atoms with Crippen molar-refractivity contribution >= 4 is 0 Å². The minimum Gasteiger partial charge on any atom is -0.380 e. The molecule has 0 amide bonds. The van der Waals surface area contributed by atoms with Gasteiger partial charge in [-0.05, 0) is 32.2 Å². The minimum absolute atomic E-state index is 0.644. The Morgan fingerprint density at radius 1 is 1.39 bits per heavy atom. The monoisotopic (exact) mass is 254 g/mol. The molecular formula is C15H30N2O. The van der Waals surface area contributed by atoms with Crippen molar-refractivity contribution in [3.8, 4) is 0 Å². The molecule has 18 heavy (non-hydrogen) atoms. The molecule has 1 aliphatic heterocycles. The standard InChI is InChI=1S/C15H30N2O/c1-5-7-11-18-12-10-17-9-8-15(16-6-2)13(3)14(17)4/h5,13-16H,1,6-12H2,2-4H3. The van der Waals surface area contributed by atoms with Crippen molar-refractivity contribution in [2.24, 2.45) is 5.92 Å². The van der Waals surface area contributed by atoms with Gasteiger partial charge in [0.1, 0.15) is 0 Å². The van der Waals surface area contributed by atoms with Crippen molar-refractivity contribution in [1.29, 1.82) is 0 Å². The van der Waals surface area contributed by atoms with Crippen LogP contribution in [0.15, 0.2) is 12.7 Å². The predicted molar refractivity (Wildman–Crippen MR) is 77.9 cm³/mol. The van der Waals surface area contributed by atoms with Crippen LogP contribution >= 0.6 is 0 Å². The molecule has 0 aromatic carbocycles. The van der Waals surface area contributed by atoms with Crippen LogP contribution in [-0.4, -0.2) is 49.8 Å². The van der Waals surface area contributed by atoms with E-state index in [1.165, 1.54) is 13.0 Å². The van der Waals surface area contributed by atoms with E-state index in [1.807, 2.05) is 6.08 Å². The van der Waals surface area contributed by atoms with Gasteiger partial charge in [0.2, 0.25) is 0 Å². The van der Waals surface area contributed by atoms with E-state index < -0.39 is 0 Å². The van der Waals surface area contributed by atoms with Crippen LogP contribution in [0.1, 0.15) is 33.6 Å². The summed E-state index contributed by atoms with van der Waals surface area (Å²) in [5, 5.41) is 3.60. The molecule has 0 bridgehead atoms. The lowest BCUT2D eigenvalue weighted by Gasteiger charge is -2.43. The third kappa shape index (κ3) is 4.71. The first-order valence-electron chi connectivity index (χ1n) is 7.36. The van der Waals surface area contributed by atoms with Crippen molar-refractivity contribution in [2.75, 3.05) is 32.8 Å². The largest absolute Gasteiger partial charge is 0.380 e. The molecule has 1 saturated heterocycles. The van der Waals surface area contributed by atoms with Gasteiger partial charge in [0.25, 0.3) is 0 Å². The lowest BCUT2D eigenvalue weighted by atomic mass is 9.87. The number of nitrogens with zero attached hydrogens (tertiary/aromatic N) is 1. The van der Waals surface area contributed by atoms with Crippen molar-refractivity contribution in [3.05, 3.63) is 12.7 Å². The molecule has 0 aliphatic carbocycles. The van der Waals surface area contributed by atoms with Crippen molar-refractivity contribution in [2.45, 2.75) is 45.7 Å². The number of nitrogens with one attached hydrogen (secondary N) is 1. The molecule has 0 spiro atoms. The molecule has 3 unspecified atom stereocenters. The molecule has 1 fully saturated rings. The zero-order chi connectivity index (χ0) is 13.4. The highest BCUT2D eigenvalue weighted by Gasteiger charge is 2.31. The summed E-state index contributed by atoms with van der Waals surface area (Å²) in [6, 6.07) is 1.33. The number of hydrogen-bond donors (Lipinski definition) is 1. The normalized spacial score (nSPS) is 29.4. The Balaban J connectivity index is 2.25. The maximum absolute atomic E-state index is 5.61. The van der Waals surface area contributed by atoms with E-state index in [4.69, 9.17) is 4.74 Å². The smallest absolute Gasteiger partial charge is 0.0593 e. The summed E-state index contributed by atoms with van der Waals surface area (Å²) in [6.45, 7) is 15.6. The number of hydrogen-bond acceptors (Lipinski definition) is 3. The fourth-order valence-electron chi connectivity index (χ4n) is 2.76. The van der Waals surface area contributed by atoms with Crippen molar-refractivity contribution in [3.63, 3.8) is 0 Å². The first-order chi connectivity index (χ1) is 8.70. The van der Waals surface area contributed by atoms with Gasteiger partial charge in [-0.3, -0.25) is 4.90 Å². The van der Waals surface area contributed by atoms with Gasteiger partial charge in [0.15, 0.2) is 0 Å². The fourth-order valence-corrected chi connectivity index (χ4v) is 2.76. The average molecular weight is 254 g/mol. The van der Waals surface area contributed by atoms with Gasteiger partial charge in [0, 0.05) is 25.2 Å². The van der Waals surface area contributed by atoms with Crippen molar-refractivity contribution < 1.29 is 4.74 Å². The fraction of sp³-hybridized carbons (Fsp3) is 0.867. The van der Waals surface area contributed by atoms with Gasteiger partial charge in [-0.15, -0.1) is 6.58 Å². The number of piperidine rings is 1. The van der Waals surface area contributed by atoms with Gasteiger partial charge in [-0.1, -0.05) is 19.9 Å². The number of rotatable bonds is 8. The summed E-state index contributed by atoms with van der Waals surface area (Å²) < 4.78 is 5.61. The lowest BCUT2D eigenvalue weighted by Crippen LogP contribution is -2.53. The van der Waals surface area contributed by atoms with E-state index in [-0.39, 0.29) is 0 Å². The zero-order valence-corrected chi connectivity index (χ0v) is 12.3. The Morgan fingerprint density at radius 3 is 2.83 bits per heavy atom. The first kappa shape index (κ1) is 15.7. The average Bonchev–Trinajstić information content (AvgIpc) is 2.37. The van der Waals surface area contributed by atoms with Gasteiger partial charge in [-0.25, -0.2) is 0 Å². The summed E-state index contributed by atoms with van der Waals surface area (Å²) in [5.41, 5.74) is 0. The second-order valence-corrected chi connectivity index (χ2v) is 5.28. The molecule has 3 nitrogen and oxygen atoms in total. The third-order valence-corrected chi connectivity index (χ3v) is 4.15. The number of likely N-dealkylation sites (tertiary alicyclic amines) is 1. The Morgan fingerprint density at radius 2 is 2.17 bits per heavy atom. The molecule has 3 atom stereocenters. The molecule has 0 aromatic heterocycles. The Kier molecular flexibility index (Phi) is 7.56. The van der Waals surface area contributed by atoms with Crippen LogP contribution in [0.3, 0.4) is 0 Å². The minimum atomic E-state index is 0.644. The summed E-state index contributed by atoms with van der Waals surface area (Å²) in [5.74, 6) is 0.715. The van der Waals surface area contributed by atoms with E-state index >= 15 is 0 Å². The Bertz CT molecular complexity index is 233. The summed E-state index contributed by atoms with van der Waals surface area (Å²) >= 11 is 0. The van der Waals surface area contributed by atoms with Gasteiger partial charge in [0.05, 0.1) is 13.2 Å². The maximum Gasteiger partial charge on any atom is 0.0593 e. The van der Waals surface area contributed by atoms with E-state index in [2.05, 4.69) is 37.6 Å². The highest BCUT2D eigenvalue weighted by Crippen LogP contribution is 2.23. The quantitative estimate of drug-likeness (QED) is 0.531. The highest BCUT2D eigenvalue weighted by molar-refractivity contribution is 4.88. The predicted octanol–water partition coefficient (Wildman–Crippen LogP) is 2.29. The topological polar surface area (TPSA) is 24.5 Å². The summed E-state index contributed by atoms with van der Waals surface area (Å²) in [6.07, 6.45) is 4.12. The maximum atomic E-state index is 5.61. The van der Waals surface area contributed by atoms with Gasteiger partial charge >= 0.3 is 0 Å². The van der Waals surface area contributed by atoms with Gasteiger partial charge in [-0.2, -0.15) is 0 Å². The van der Waals surface area contributed by atoms with E-state index in [0.717, 1.165) is 32.7 Å². The molecule has 1 aliphatic rings. The molecule has 106 valence electrons. The molecular weight excluding hydrogens is 224 g/mol. The van der Waals surface area contributed by atoms with E-state index in [1.54, 1.807) is 0 Å². The molecule has 0 radical (unpaired) electrons. The van der Waals surface area contributed by atoms with Crippen LogP contribution in [0.2, 0.25) is 0 Å². The van der Waals surface area contributed by atoms with Crippen LogP contribution in [0.25, 0.3) is 0 Å². The van der Waals surface area contributed by atoms with Gasteiger partial charge < -0.3 is 10.1 Å². The summed E-state index contributed by atoms with van der Waals surface area (Å²) in [7, 11) is 0. The van der Waals surface area contributed by atoms with E-state index in [0.29, 0.717) is 18.0 Å². The summed E-state index contributed by atoms with van der Waals surface area (Å²) in [4.78, 5) is 2.56. The van der Waals surface area contributed by atoms with Crippen LogP contribution in [0.5, 0.6) is 0 Å². The SMILES string of the molecule is C=CCCOCCN1CCC(NCC)C(C)C1C. The molecule has 1 heterocycles. The second-order valence-electron chi connectivity index (χ2n) is 5.28. The van der Waals surface area contributed by atoms with Crippen LogP contribution in [0.4, 0.5) is 0 Å². The molecule has 1 rings (SSSR count). The third-order valence-electron chi connectivity index (χ3n) is 4.15. The molecule has 0 aromatic rings. The lowest BCUT2D eigenvalue weighted by molar-refractivity contribution is 0.0459. The van der Waals surface area contributed by atoms with Crippen LogP contribution in [-0.2, 0) is 4.74 Å². The Hall–Kier alpha value is -0.380.